The molecule has 1 amide bonds. The van der Waals surface area contributed by atoms with Crippen LogP contribution in [0.5, 0.6) is 0 Å². The summed E-state index contributed by atoms with van der Waals surface area (Å²) in [7, 11) is 3.79. The molecule has 0 rings (SSSR count). The molecule has 0 bridgehead atoms. The Balaban J connectivity index is 3.90. The molecule has 5 heteroatoms. The first-order valence-electron chi connectivity index (χ1n) is 5.43. The first-order valence-corrected chi connectivity index (χ1v) is 6.72. The topological polar surface area (TPSA) is 52.6 Å². The Kier molecular flexibility index (Phi) is 7.03. The summed E-state index contributed by atoms with van der Waals surface area (Å²) in [5, 5.41) is 13.0. The molecule has 0 saturated carbocycles. The highest BCUT2D eigenvalue weighted by molar-refractivity contribution is 7.99. The van der Waals surface area contributed by atoms with Crippen LogP contribution in [0.2, 0.25) is 0 Å². The zero-order valence-corrected chi connectivity index (χ0v) is 11.7. The molecule has 0 saturated heterocycles. The summed E-state index contributed by atoms with van der Waals surface area (Å²) in [4.78, 5) is 13.4. The monoisotopic (exact) mass is 248 g/mol. The first-order chi connectivity index (χ1) is 7.26. The maximum atomic E-state index is 11.5. The molecule has 0 aliphatic heterocycles. The lowest BCUT2D eigenvalue weighted by molar-refractivity contribution is -0.122. The summed E-state index contributed by atoms with van der Waals surface area (Å²) in [6.07, 6.45) is 2.49. The van der Waals surface area contributed by atoms with E-state index in [0.29, 0.717) is 24.8 Å². The average molecular weight is 248 g/mol. The van der Waals surface area contributed by atoms with Gasteiger partial charge in [-0.25, -0.2) is 0 Å². The normalized spacial score (nSPS) is 16.9. The van der Waals surface area contributed by atoms with E-state index in [9.17, 15) is 9.90 Å². The highest BCUT2D eigenvalue weighted by Gasteiger charge is 2.22. The summed E-state index contributed by atoms with van der Waals surface area (Å²) in [5.74, 6) is 0.000816. The van der Waals surface area contributed by atoms with Crippen molar-refractivity contribution in [2.24, 2.45) is 0 Å². The molecule has 0 heterocycles. The highest BCUT2D eigenvalue weighted by atomic mass is 32.2. The molecule has 4 nitrogen and oxygen atoms in total. The summed E-state index contributed by atoms with van der Waals surface area (Å²) in [6, 6.07) is 0. The van der Waals surface area contributed by atoms with Crippen LogP contribution in [0.1, 0.15) is 20.3 Å². The van der Waals surface area contributed by atoms with Crippen molar-refractivity contribution in [1.82, 2.24) is 10.2 Å². The van der Waals surface area contributed by atoms with Crippen molar-refractivity contribution in [2.45, 2.75) is 31.1 Å². The molecule has 0 aliphatic carbocycles. The smallest absolute Gasteiger partial charge is 0.221 e. The van der Waals surface area contributed by atoms with Crippen LogP contribution in [0, 0.1) is 0 Å². The number of thioether (sulfide) groups is 1. The Morgan fingerprint density at radius 1 is 1.56 bits per heavy atom. The van der Waals surface area contributed by atoms with Gasteiger partial charge in [0, 0.05) is 24.8 Å². The van der Waals surface area contributed by atoms with Gasteiger partial charge >= 0.3 is 0 Å². The average Bonchev–Trinajstić information content (AvgIpc) is 2.13. The molecule has 2 N–H and O–H groups in total. The molecular weight excluding hydrogens is 224 g/mol. The van der Waals surface area contributed by atoms with Gasteiger partial charge in [-0.1, -0.05) is 6.92 Å². The summed E-state index contributed by atoms with van der Waals surface area (Å²) < 4.78 is 0. The molecule has 0 aromatic rings. The van der Waals surface area contributed by atoms with Crippen molar-refractivity contribution in [3.63, 3.8) is 0 Å². The van der Waals surface area contributed by atoms with Crippen molar-refractivity contribution in [1.29, 1.82) is 0 Å². The van der Waals surface area contributed by atoms with Crippen LogP contribution in [-0.2, 0) is 4.79 Å². The maximum absolute atomic E-state index is 11.5. The second-order valence-corrected chi connectivity index (χ2v) is 6.04. The predicted octanol–water partition coefficient (Wildman–Crippen LogP) is 0.557. The Hall–Kier alpha value is -0.260. The Labute approximate surface area is 103 Å². The van der Waals surface area contributed by atoms with E-state index in [-0.39, 0.29) is 5.91 Å². The third-order valence-electron chi connectivity index (χ3n) is 2.20. The van der Waals surface area contributed by atoms with Crippen LogP contribution < -0.4 is 5.32 Å². The van der Waals surface area contributed by atoms with Crippen molar-refractivity contribution in [3.05, 3.63) is 0 Å². The predicted molar refractivity (Wildman–Crippen MR) is 69.8 cm³/mol. The summed E-state index contributed by atoms with van der Waals surface area (Å²) in [6.45, 7) is 4.57. The van der Waals surface area contributed by atoms with Gasteiger partial charge in [0.25, 0.3) is 0 Å². The van der Waals surface area contributed by atoms with Gasteiger partial charge in [-0.05, 0) is 27.3 Å². The zero-order chi connectivity index (χ0) is 12.8. The van der Waals surface area contributed by atoms with Gasteiger partial charge in [0.2, 0.25) is 5.91 Å². The number of carbonyl (C=O) groups excluding carboxylic acids is 1. The van der Waals surface area contributed by atoms with Crippen LogP contribution in [0.25, 0.3) is 0 Å². The number of carbonyl (C=O) groups is 1. The van der Waals surface area contributed by atoms with Crippen molar-refractivity contribution >= 4 is 17.7 Å². The standard InChI is InChI=1S/C11H24N2O2S/c1-9(16-5)6-10(14)12-7-11(2,15)8-13(3)4/h9,15H,6-8H2,1-5H3,(H,12,14). The van der Waals surface area contributed by atoms with Crippen LogP contribution in [0.3, 0.4) is 0 Å². The molecule has 0 fully saturated rings. The fourth-order valence-corrected chi connectivity index (χ4v) is 1.76. The Morgan fingerprint density at radius 2 is 2.12 bits per heavy atom. The molecule has 2 unspecified atom stereocenters. The number of hydrogen-bond acceptors (Lipinski definition) is 4. The second-order valence-electron chi connectivity index (χ2n) is 4.76. The number of nitrogens with one attached hydrogen (secondary N) is 1. The van der Waals surface area contributed by atoms with E-state index in [1.165, 1.54) is 0 Å². The molecule has 96 valence electrons. The maximum Gasteiger partial charge on any atom is 0.221 e. The molecule has 0 radical (unpaired) electrons. The van der Waals surface area contributed by atoms with Gasteiger partial charge in [0.05, 0.1) is 5.60 Å². The van der Waals surface area contributed by atoms with Crippen molar-refractivity contribution in [2.75, 3.05) is 33.4 Å². The molecule has 2 atom stereocenters. The first kappa shape index (κ1) is 15.7. The number of likely N-dealkylation sites (N-methyl/N-ethyl adjacent to an activating group) is 1. The lowest BCUT2D eigenvalue weighted by atomic mass is 10.1. The van der Waals surface area contributed by atoms with E-state index in [1.807, 2.05) is 32.2 Å². The number of amides is 1. The van der Waals surface area contributed by atoms with Crippen LogP contribution in [0.15, 0.2) is 0 Å². The van der Waals surface area contributed by atoms with Gasteiger partial charge in [0.15, 0.2) is 0 Å². The Bertz CT molecular complexity index is 220. The fourth-order valence-electron chi connectivity index (χ4n) is 1.44. The molecule has 0 aromatic carbocycles. The van der Waals surface area contributed by atoms with E-state index in [0.717, 1.165) is 0 Å². The lowest BCUT2D eigenvalue weighted by Gasteiger charge is -2.27. The van der Waals surface area contributed by atoms with E-state index in [2.05, 4.69) is 5.32 Å². The van der Waals surface area contributed by atoms with E-state index < -0.39 is 5.60 Å². The molecule has 0 aliphatic rings. The minimum Gasteiger partial charge on any atom is -0.387 e. The third-order valence-corrected chi connectivity index (χ3v) is 3.17. The van der Waals surface area contributed by atoms with Crippen LogP contribution >= 0.6 is 11.8 Å². The molecular formula is C11H24N2O2S. The number of nitrogens with zero attached hydrogens (tertiary/aromatic N) is 1. The number of rotatable bonds is 7. The van der Waals surface area contributed by atoms with E-state index in [1.54, 1.807) is 18.7 Å². The van der Waals surface area contributed by atoms with Crippen molar-refractivity contribution < 1.29 is 9.90 Å². The van der Waals surface area contributed by atoms with Gasteiger partial charge in [-0.3, -0.25) is 4.79 Å². The highest BCUT2D eigenvalue weighted by Crippen LogP contribution is 2.09. The minimum absolute atomic E-state index is 0.000816. The molecule has 16 heavy (non-hydrogen) atoms. The summed E-state index contributed by atoms with van der Waals surface area (Å²) >= 11 is 1.67. The quantitative estimate of drug-likeness (QED) is 0.691. The minimum atomic E-state index is -0.873. The Morgan fingerprint density at radius 3 is 2.56 bits per heavy atom. The molecule has 0 spiro atoms. The summed E-state index contributed by atoms with van der Waals surface area (Å²) in [5.41, 5.74) is -0.873. The number of hydrogen-bond donors (Lipinski definition) is 2. The van der Waals surface area contributed by atoms with Gasteiger partial charge in [-0.2, -0.15) is 11.8 Å². The second kappa shape index (κ2) is 7.14. The molecule has 0 aromatic heterocycles. The zero-order valence-electron chi connectivity index (χ0n) is 10.9. The van der Waals surface area contributed by atoms with Gasteiger partial charge < -0.3 is 15.3 Å². The number of aliphatic hydroxyl groups is 1. The van der Waals surface area contributed by atoms with Crippen LogP contribution in [-0.4, -0.2) is 60.2 Å². The fraction of sp³-hybridized carbons (Fsp3) is 0.909. The largest absolute Gasteiger partial charge is 0.387 e. The van der Waals surface area contributed by atoms with Crippen molar-refractivity contribution in [3.8, 4) is 0 Å². The van der Waals surface area contributed by atoms with Gasteiger partial charge in [0.1, 0.15) is 0 Å². The third kappa shape index (κ3) is 7.96. The van der Waals surface area contributed by atoms with Gasteiger partial charge in [-0.15, -0.1) is 0 Å². The lowest BCUT2D eigenvalue weighted by Crippen LogP contribution is -2.47. The SMILES string of the molecule is CSC(C)CC(=O)NCC(C)(O)CN(C)C. The van der Waals surface area contributed by atoms with E-state index in [4.69, 9.17) is 0 Å². The van der Waals surface area contributed by atoms with Crippen LogP contribution in [0.4, 0.5) is 0 Å². The van der Waals surface area contributed by atoms with E-state index >= 15 is 0 Å².